The minimum atomic E-state index is -0.580. The number of hydrogen-bond donors (Lipinski definition) is 0. The zero-order chi connectivity index (χ0) is 23.7. The fourth-order valence-electron chi connectivity index (χ4n) is 4.61. The van der Waals surface area contributed by atoms with Crippen LogP contribution in [0.5, 0.6) is 0 Å². The monoisotopic (exact) mass is 475 g/mol. The van der Waals surface area contributed by atoms with Crippen LogP contribution >= 0.6 is 11.6 Å². The van der Waals surface area contributed by atoms with Gasteiger partial charge in [0, 0.05) is 57.6 Å². The van der Waals surface area contributed by atoms with Gasteiger partial charge in [-0.25, -0.2) is 9.37 Å². The minimum absolute atomic E-state index is 0.246. The van der Waals surface area contributed by atoms with Crippen molar-refractivity contribution in [2.75, 3.05) is 71.5 Å². The second-order valence-corrected chi connectivity index (χ2v) is 9.05. The van der Waals surface area contributed by atoms with Gasteiger partial charge in [0.15, 0.2) is 0 Å². The molecular formula is C23H32ClN6O3+. The summed E-state index contributed by atoms with van der Waals surface area (Å²) in [5, 5.41) is 0.746. The number of anilines is 1. The number of piperazine rings is 1. The molecule has 0 bridgehead atoms. The molecule has 4 rings (SSSR count). The topological polar surface area (TPSA) is 71.7 Å². The fraction of sp³-hybridized carbons (Fsp3) is 0.565. The molecule has 3 aliphatic heterocycles. The van der Waals surface area contributed by atoms with Gasteiger partial charge in [-0.15, -0.1) is 0 Å². The van der Waals surface area contributed by atoms with Crippen LogP contribution in [0.3, 0.4) is 0 Å². The van der Waals surface area contributed by atoms with Crippen LogP contribution in [0, 0.1) is 6.92 Å². The number of rotatable bonds is 7. The zero-order valence-electron chi connectivity index (χ0n) is 19.8. The smallest absolute Gasteiger partial charge is 0.333 e. The highest BCUT2D eigenvalue weighted by Gasteiger charge is 2.53. The number of benzene rings is 1. The van der Waals surface area contributed by atoms with Crippen molar-refractivity contribution in [2.45, 2.75) is 19.9 Å². The van der Waals surface area contributed by atoms with Crippen LogP contribution in [0.1, 0.15) is 12.5 Å². The molecule has 0 spiro atoms. The van der Waals surface area contributed by atoms with Crippen molar-refractivity contribution in [1.29, 1.82) is 0 Å². The highest BCUT2D eigenvalue weighted by Crippen LogP contribution is 2.25. The van der Waals surface area contributed by atoms with Gasteiger partial charge in [-0.05, 0) is 36.5 Å². The molecule has 9 nitrogen and oxygen atoms in total. The van der Waals surface area contributed by atoms with E-state index in [4.69, 9.17) is 21.3 Å². The number of aliphatic imine (C=N–C) groups is 1. The number of likely N-dealkylation sites (N-methyl/N-ethyl adjacent to an activating group) is 2. The van der Waals surface area contributed by atoms with Crippen LogP contribution < -0.4 is 4.90 Å². The van der Waals surface area contributed by atoms with Gasteiger partial charge in [-0.2, -0.15) is 0 Å². The van der Waals surface area contributed by atoms with E-state index in [0.717, 1.165) is 37.0 Å². The highest BCUT2D eigenvalue weighted by atomic mass is 35.5. The quantitative estimate of drug-likeness (QED) is 0.441. The lowest BCUT2D eigenvalue weighted by atomic mass is 10.1. The van der Waals surface area contributed by atoms with Gasteiger partial charge in [-0.3, -0.25) is 19.5 Å². The number of imide groups is 1. The van der Waals surface area contributed by atoms with E-state index in [1.165, 1.54) is 28.1 Å². The molecule has 1 unspecified atom stereocenters. The molecule has 1 atom stereocenters. The summed E-state index contributed by atoms with van der Waals surface area (Å²) in [6.45, 7) is 9.82. The molecule has 0 saturated carbocycles. The first-order valence-electron chi connectivity index (χ1n) is 11.4. The van der Waals surface area contributed by atoms with E-state index in [9.17, 15) is 9.59 Å². The number of urea groups is 1. The average molecular weight is 476 g/mol. The van der Waals surface area contributed by atoms with Crippen LogP contribution in [-0.4, -0.2) is 116 Å². The number of amidine groups is 2. The Labute approximate surface area is 199 Å². The summed E-state index contributed by atoms with van der Waals surface area (Å²) in [5.41, 5.74) is 2.39. The van der Waals surface area contributed by atoms with Gasteiger partial charge in [0.05, 0.1) is 6.61 Å². The Morgan fingerprint density at radius 2 is 1.88 bits per heavy atom. The second-order valence-electron chi connectivity index (χ2n) is 8.61. The normalized spacial score (nSPS) is 21.8. The van der Waals surface area contributed by atoms with E-state index >= 15 is 0 Å². The van der Waals surface area contributed by atoms with Crippen molar-refractivity contribution in [3.63, 3.8) is 0 Å². The van der Waals surface area contributed by atoms with Crippen molar-refractivity contribution in [3.05, 3.63) is 28.8 Å². The Balaban J connectivity index is 1.50. The van der Waals surface area contributed by atoms with Gasteiger partial charge >= 0.3 is 11.9 Å². The Kier molecular flexibility index (Phi) is 7.02. The summed E-state index contributed by atoms with van der Waals surface area (Å²) in [7, 11) is 3.20. The number of carbonyl (C=O) groups excluding carboxylic acids is 2. The maximum atomic E-state index is 13.0. The van der Waals surface area contributed by atoms with E-state index in [2.05, 4.69) is 22.8 Å². The number of carbonyl (C=O) groups is 2. The van der Waals surface area contributed by atoms with Gasteiger partial charge in [0.2, 0.25) is 0 Å². The lowest BCUT2D eigenvalue weighted by molar-refractivity contribution is -0.539. The molecule has 1 aromatic carbocycles. The maximum Gasteiger partial charge on any atom is 0.333 e. The van der Waals surface area contributed by atoms with Crippen molar-refractivity contribution in [3.8, 4) is 0 Å². The maximum absolute atomic E-state index is 13.0. The van der Waals surface area contributed by atoms with E-state index < -0.39 is 6.04 Å². The number of aryl methyl sites for hydroxylation is 1. The van der Waals surface area contributed by atoms with E-state index in [0.29, 0.717) is 32.1 Å². The standard InChI is InChI=1S/C23H32ClN6O3/c1-5-33-13-12-30-19(25-21-20(30)22(31)27(4)23(32)26(21)3)15-28-8-10-29(11-9-28)18-14-17(24)7-6-16(18)2/h6-7,14,20H,5,8-13,15H2,1-4H3/q+1. The Bertz CT molecular complexity index is 1000. The van der Waals surface area contributed by atoms with Crippen molar-refractivity contribution < 1.29 is 18.9 Å². The van der Waals surface area contributed by atoms with E-state index in [1.807, 2.05) is 23.6 Å². The molecule has 2 fully saturated rings. The molecule has 3 amide bonds. The van der Waals surface area contributed by atoms with Crippen LogP contribution in [0.2, 0.25) is 5.02 Å². The van der Waals surface area contributed by atoms with Crippen molar-refractivity contribution in [2.24, 2.45) is 4.99 Å². The largest absolute Gasteiger partial charge is 0.378 e. The van der Waals surface area contributed by atoms with E-state index in [-0.39, 0.29) is 11.9 Å². The van der Waals surface area contributed by atoms with Gasteiger partial charge in [0.1, 0.15) is 13.1 Å². The third kappa shape index (κ3) is 4.62. The number of amides is 3. The molecule has 2 saturated heterocycles. The molecule has 0 aromatic heterocycles. The SMILES string of the molecule is CCOCC[N+]1=C(CN2CCN(c3cc(Cl)ccc3C)CC2)N=C2C1C(=O)N(C)C(=O)N2C. The van der Waals surface area contributed by atoms with E-state index in [1.54, 1.807) is 7.05 Å². The minimum Gasteiger partial charge on any atom is -0.378 e. The second kappa shape index (κ2) is 9.79. The van der Waals surface area contributed by atoms with Crippen LogP contribution in [0.25, 0.3) is 0 Å². The van der Waals surface area contributed by atoms with Crippen molar-refractivity contribution in [1.82, 2.24) is 14.7 Å². The molecule has 0 aliphatic carbocycles. The summed E-state index contributed by atoms with van der Waals surface area (Å²) in [5.74, 6) is 1.07. The molecule has 3 aliphatic rings. The third-order valence-corrected chi connectivity index (χ3v) is 6.78. The molecule has 33 heavy (non-hydrogen) atoms. The number of nitrogens with zero attached hydrogens (tertiary/aromatic N) is 6. The lowest BCUT2D eigenvalue weighted by Crippen LogP contribution is -2.61. The average Bonchev–Trinajstić information content (AvgIpc) is 3.17. The fourth-order valence-corrected chi connectivity index (χ4v) is 4.78. The number of fused-ring (bicyclic) bond motifs is 1. The molecule has 3 heterocycles. The first-order valence-corrected chi connectivity index (χ1v) is 11.8. The molecular weight excluding hydrogens is 444 g/mol. The van der Waals surface area contributed by atoms with Crippen molar-refractivity contribution >= 4 is 40.9 Å². The summed E-state index contributed by atoms with van der Waals surface area (Å²) in [6, 6.07) is 5.07. The first-order chi connectivity index (χ1) is 15.8. The van der Waals surface area contributed by atoms with Gasteiger partial charge in [0.25, 0.3) is 17.8 Å². The van der Waals surface area contributed by atoms with Crippen LogP contribution in [0.4, 0.5) is 10.5 Å². The summed E-state index contributed by atoms with van der Waals surface area (Å²) < 4.78 is 7.57. The number of ether oxygens (including phenoxy) is 1. The van der Waals surface area contributed by atoms with Gasteiger partial charge < -0.3 is 9.64 Å². The zero-order valence-corrected chi connectivity index (χ0v) is 20.5. The summed E-state index contributed by atoms with van der Waals surface area (Å²) in [4.78, 5) is 37.5. The predicted octanol–water partition coefficient (Wildman–Crippen LogP) is 1.52. The summed E-state index contributed by atoms with van der Waals surface area (Å²) in [6.07, 6.45) is 0. The molecule has 10 heteroatoms. The molecule has 178 valence electrons. The summed E-state index contributed by atoms with van der Waals surface area (Å²) >= 11 is 6.22. The first kappa shape index (κ1) is 23.7. The number of halogens is 1. The highest BCUT2D eigenvalue weighted by molar-refractivity contribution is 6.30. The Hall–Kier alpha value is -2.49. The molecule has 0 N–H and O–H groups in total. The molecule has 1 aromatic rings. The van der Waals surface area contributed by atoms with Crippen LogP contribution in [-0.2, 0) is 9.53 Å². The van der Waals surface area contributed by atoms with Gasteiger partial charge in [-0.1, -0.05) is 17.7 Å². The lowest BCUT2D eigenvalue weighted by Gasteiger charge is -2.36. The van der Waals surface area contributed by atoms with Crippen LogP contribution in [0.15, 0.2) is 23.2 Å². The Morgan fingerprint density at radius 3 is 2.58 bits per heavy atom. The third-order valence-electron chi connectivity index (χ3n) is 6.54. The Morgan fingerprint density at radius 1 is 1.15 bits per heavy atom. The number of hydrogen-bond acceptors (Lipinski definition) is 6. The predicted molar refractivity (Wildman–Crippen MR) is 129 cm³/mol. The molecule has 0 radical (unpaired) electrons.